The van der Waals surface area contributed by atoms with E-state index in [2.05, 4.69) is 10.2 Å². The molecule has 110 valence electrons. The van der Waals surface area contributed by atoms with E-state index in [1.165, 1.54) is 18.2 Å². The second-order valence-corrected chi connectivity index (χ2v) is 5.38. The van der Waals surface area contributed by atoms with Crippen LogP contribution in [0.25, 0.3) is 0 Å². The third-order valence-electron chi connectivity index (χ3n) is 3.84. The van der Waals surface area contributed by atoms with Crippen molar-refractivity contribution in [2.45, 2.75) is 18.8 Å². The van der Waals surface area contributed by atoms with Gasteiger partial charge in [-0.3, -0.25) is 9.89 Å². The number of piperidine rings is 1. The molecule has 3 N–H and O–H groups in total. The Labute approximate surface area is 121 Å². The highest BCUT2D eigenvalue weighted by Gasteiger charge is 2.26. The minimum absolute atomic E-state index is 0.176. The lowest BCUT2D eigenvalue weighted by atomic mass is 9.94. The van der Waals surface area contributed by atoms with E-state index in [1.54, 1.807) is 11.1 Å². The number of hydrogen-bond donors (Lipinski definition) is 2. The number of nitrogens with zero attached hydrogens (tertiary/aromatic N) is 2. The van der Waals surface area contributed by atoms with Crippen molar-refractivity contribution in [2.24, 2.45) is 0 Å². The van der Waals surface area contributed by atoms with Crippen molar-refractivity contribution in [3.63, 3.8) is 0 Å². The lowest BCUT2D eigenvalue weighted by Crippen LogP contribution is -2.39. The summed E-state index contributed by atoms with van der Waals surface area (Å²) in [5.41, 5.74) is 7.21. The summed E-state index contributed by atoms with van der Waals surface area (Å²) in [6.45, 7) is 1.29. The molecule has 5 nitrogen and oxygen atoms in total. The fourth-order valence-corrected chi connectivity index (χ4v) is 2.83. The monoisotopic (exact) mass is 288 g/mol. The number of H-pyrrole nitrogens is 1. The number of nitrogen functional groups attached to an aromatic ring is 1. The molecule has 1 aromatic carbocycles. The van der Waals surface area contributed by atoms with Crippen molar-refractivity contribution in [1.29, 1.82) is 0 Å². The summed E-state index contributed by atoms with van der Waals surface area (Å²) in [5.74, 6) is -0.415. The van der Waals surface area contributed by atoms with Gasteiger partial charge in [0.1, 0.15) is 5.82 Å². The molecular weight excluding hydrogens is 271 g/mol. The lowest BCUT2D eigenvalue weighted by Gasteiger charge is -2.32. The van der Waals surface area contributed by atoms with Gasteiger partial charge in [-0.05, 0) is 37.1 Å². The highest BCUT2D eigenvalue weighted by Crippen LogP contribution is 2.26. The molecular formula is C15H17FN4O. The number of halogens is 1. The fraction of sp³-hybridized carbons (Fsp3) is 0.333. The van der Waals surface area contributed by atoms with E-state index in [0.29, 0.717) is 18.7 Å². The number of nitrogens with one attached hydrogen (secondary N) is 1. The van der Waals surface area contributed by atoms with E-state index in [9.17, 15) is 9.18 Å². The van der Waals surface area contributed by atoms with Crippen LogP contribution in [-0.2, 0) is 0 Å². The molecule has 1 unspecified atom stereocenters. The molecule has 1 atom stereocenters. The number of aromatic amines is 1. The normalized spacial score (nSPS) is 18.7. The summed E-state index contributed by atoms with van der Waals surface area (Å²) in [7, 11) is 0. The van der Waals surface area contributed by atoms with Gasteiger partial charge in [-0.2, -0.15) is 5.10 Å². The van der Waals surface area contributed by atoms with E-state index in [1.807, 2.05) is 6.07 Å². The molecule has 1 aromatic heterocycles. The molecule has 1 amide bonds. The van der Waals surface area contributed by atoms with Gasteiger partial charge < -0.3 is 10.6 Å². The van der Waals surface area contributed by atoms with Crippen molar-refractivity contribution in [3.8, 4) is 0 Å². The Kier molecular flexibility index (Phi) is 3.60. The van der Waals surface area contributed by atoms with Gasteiger partial charge >= 0.3 is 0 Å². The van der Waals surface area contributed by atoms with Gasteiger partial charge in [0.2, 0.25) is 0 Å². The zero-order chi connectivity index (χ0) is 14.8. The molecule has 6 heteroatoms. The summed E-state index contributed by atoms with van der Waals surface area (Å²) in [5, 5.41) is 6.91. The first-order valence-electron chi connectivity index (χ1n) is 6.98. The van der Waals surface area contributed by atoms with E-state index >= 15 is 0 Å². The minimum atomic E-state index is -0.486. The maximum Gasteiger partial charge on any atom is 0.254 e. The van der Waals surface area contributed by atoms with Crippen molar-refractivity contribution in [2.75, 3.05) is 18.8 Å². The number of hydrogen-bond acceptors (Lipinski definition) is 3. The fourth-order valence-electron chi connectivity index (χ4n) is 2.83. The summed E-state index contributed by atoms with van der Waals surface area (Å²) < 4.78 is 13.4. The van der Waals surface area contributed by atoms with E-state index in [4.69, 9.17) is 5.73 Å². The van der Waals surface area contributed by atoms with E-state index in [-0.39, 0.29) is 17.5 Å². The zero-order valence-corrected chi connectivity index (χ0v) is 11.6. The number of carbonyl (C=O) groups is 1. The van der Waals surface area contributed by atoms with Gasteiger partial charge in [-0.25, -0.2) is 4.39 Å². The molecule has 2 heterocycles. The highest BCUT2D eigenvalue weighted by atomic mass is 19.1. The van der Waals surface area contributed by atoms with Crippen LogP contribution in [0, 0.1) is 5.82 Å². The average Bonchev–Trinajstić information content (AvgIpc) is 3.00. The topological polar surface area (TPSA) is 75.0 Å². The van der Waals surface area contributed by atoms with Crippen LogP contribution in [0.3, 0.4) is 0 Å². The molecule has 1 aliphatic heterocycles. The van der Waals surface area contributed by atoms with Gasteiger partial charge in [0, 0.05) is 42.1 Å². The third kappa shape index (κ3) is 2.89. The number of anilines is 1. The predicted molar refractivity (Wildman–Crippen MR) is 77.3 cm³/mol. The zero-order valence-electron chi connectivity index (χ0n) is 11.6. The Hall–Kier alpha value is -2.37. The molecule has 0 aliphatic carbocycles. The first kappa shape index (κ1) is 13.6. The van der Waals surface area contributed by atoms with Crippen molar-refractivity contribution in [3.05, 3.63) is 47.5 Å². The molecule has 0 spiro atoms. The largest absolute Gasteiger partial charge is 0.399 e. The lowest BCUT2D eigenvalue weighted by molar-refractivity contribution is 0.0705. The number of amides is 1. The van der Waals surface area contributed by atoms with Crippen LogP contribution in [0.1, 0.15) is 34.8 Å². The van der Waals surface area contributed by atoms with E-state index in [0.717, 1.165) is 18.5 Å². The molecule has 3 rings (SSSR count). The molecule has 21 heavy (non-hydrogen) atoms. The summed E-state index contributed by atoms with van der Waals surface area (Å²) in [6.07, 6.45) is 3.64. The van der Waals surface area contributed by atoms with E-state index < -0.39 is 5.82 Å². The van der Waals surface area contributed by atoms with Gasteiger partial charge in [0.25, 0.3) is 5.91 Å². The second-order valence-electron chi connectivity index (χ2n) is 5.38. The van der Waals surface area contributed by atoms with Gasteiger partial charge in [0.05, 0.1) is 0 Å². The van der Waals surface area contributed by atoms with Crippen LogP contribution in [0.15, 0.2) is 30.5 Å². The number of carbonyl (C=O) groups excluding carboxylic acids is 1. The van der Waals surface area contributed by atoms with Gasteiger partial charge in [0.15, 0.2) is 0 Å². The number of nitrogens with two attached hydrogens (primary N) is 1. The van der Waals surface area contributed by atoms with Crippen molar-refractivity contribution >= 4 is 11.6 Å². The first-order chi connectivity index (χ1) is 10.1. The smallest absolute Gasteiger partial charge is 0.254 e. The maximum atomic E-state index is 13.4. The summed E-state index contributed by atoms with van der Waals surface area (Å²) in [4.78, 5) is 14.3. The Balaban J connectivity index is 1.78. The van der Waals surface area contributed by atoms with Crippen LogP contribution in [0.4, 0.5) is 10.1 Å². The molecule has 0 radical (unpaired) electrons. The van der Waals surface area contributed by atoms with Crippen LogP contribution in [0.5, 0.6) is 0 Å². The van der Waals surface area contributed by atoms with Crippen molar-refractivity contribution in [1.82, 2.24) is 15.1 Å². The second kappa shape index (κ2) is 5.55. The molecule has 1 aliphatic rings. The van der Waals surface area contributed by atoms with Crippen LogP contribution in [-0.4, -0.2) is 34.1 Å². The first-order valence-corrected chi connectivity index (χ1v) is 6.98. The summed E-state index contributed by atoms with van der Waals surface area (Å²) in [6, 6.07) is 5.89. The number of aromatic nitrogens is 2. The molecule has 1 saturated heterocycles. The highest BCUT2D eigenvalue weighted by molar-refractivity contribution is 5.95. The van der Waals surface area contributed by atoms with Crippen LogP contribution < -0.4 is 5.73 Å². The van der Waals surface area contributed by atoms with Gasteiger partial charge in [-0.1, -0.05) is 0 Å². The van der Waals surface area contributed by atoms with Crippen molar-refractivity contribution < 1.29 is 9.18 Å². The third-order valence-corrected chi connectivity index (χ3v) is 3.84. The van der Waals surface area contributed by atoms with Crippen LogP contribution in [0.2, 0.25) is 0 Å². The van der Waals surface area contributed by atoms with Crippen LogP contribution >= 0.6 is 0 Å². The minimum Gasteiger partial charge on any atom is -0.399 e. The Morgan fingerprint density at radius 3 is 3.00 bits per heavy atom. The standard InChI is InChI=1S/C15H17FN4O/c16-12-6-11(7-13(17)8-12)15(21)20-5-1-2-10(9-20)14-3-4-18-19-14/h3-4,6-8,10H,1-2,5,9,17H2,(H,18,19). The number of benzene rings is 1. The number of likely N-dealkylation sites (tertiary alicyclic amines) is 1. The summed E-state index contributed by atoms with van der Waals surface area (Å²) >= 11 is 0. The average molecular weight is 288 g/mol. The Morgan fingerprint density at radius 2 is 2.29 bits per heavy atom. The molecule has 1 fully saturated rings. The predicted octanol–water partition coefficient (Wildman–Crippen LogP) is 2.15. The Morgan fingerprint density at radius 1 is 1.43 bits per heavy atom. The molecule has 0 saturated carbocycles. The maximum absolute atomic E-state index is 13.4. The quantitative estimate of drug-likeness (QED) is 0.831. The Bertz CT molecular complexity index is 621. The molecule has 0 bridgehead atoms. The molecule has 2 aromatic rings. The number of rotatable bonds is 2. The SMILES string of the molecule is Nc1cc(F)cc(C(=O)N2CCCC(c3ccn[nH]3)C2)c1. The van der Waals surface area contributed by atoms with Gasteiger partial charge in [-0.15, -0.1) is 0 Å².